The zero-order valence-corrected chi connectivity index (χ0v) is 17.5. The lowest BCUT2D eigenvalue weighted by Crippen LogP contribution is -2.21. The van der Waals surface area contributed by atoms with Crippen LogP contribution in [-0.4, -0.2) is 35.8 Å². The quantitative estimate of drug-likeness (QED) is 0.337. The first-order chi connectivity index (χ1) is 14.3. The summed E-state index contributed by atoms with van der Waals surface area (Å²) in [6, 6.07) is 13.0. The maximum Gasteiger partial charge on any atom is 0.355 e. The van der Waals surface area contributed by atoms with E-state index in [1.807, 2.05) is 32.0 Å². The van der Waals surface area contributed by atoms with E-state index in [-0.39, 0.29) is 18.3 Å². The Bertz CT molecular complexity index is 1080. The Morgan fingerprint density at radius 2 is 1.77 bits per heavy atom. The van der Waals surface area contributed by atoms with E-state index < -0.39 is 5.97 Å². The molecule has 1 amide bonds. The standard InChI is InChI=1S/C24H26N2O4/c1-15-11-16(2)20-13-22(26-21(20)12-15)24(29)30-14-23(28)19-8-6-18(7-9-19)5-4-10-25-17(3)27/h6-9,11-13,26H,4-5,10,14H2,1-3H3,(H,25,27). The molecule has 1 heterocycles. The number of aromatic nitrogens is 1. The molecule has 0 bridgehead atoms. The number of carbonyl (C=O) groups is 3. The molecule has 30 heavy (non-hydrogen) atoms. The van der Waals surface area contributed by atoms with Crippen LogP contribution in [0.2, 0.25) is 0 Å². The first kappa shape index (κ1) is 21.3. The number of nitrogens with one attached hydrogen (secondary N) is 2. The van der Waals surface area contributed by atoms with E-state index in [0.717, 1.165) is 40.4 Å². The lowest BCUT2D eigenvalue weighted by molar-refractivity contribution is -0.118. The molecule has 6 nitrogen and oxygen atoms in total. The number of ketones is 1. The number of Topliss-reactive ketones (excluding diaryl/α,β-unsaturated/α-hetero) is 1. The first-order valence-corrected chi connectivity index (χ1v) is 9.97. The molecule has 0 aliphatic heterocycles. The zero-order chi connectivity index (χ0) is 21.7. The monoisotopic (exact) mass is 406 g/mol. The fourth-order valence-corrected chi connectivity index (χ4v) is 3.42. The first-order valence-electron chi connectivity index (χ1n) is 9.97. The van der Waals surface area contributed by atoms with Gasteiger partial charge in [0.1, 0.15) is 5.69 Å². The molecule has 2 aromatic carbocycles. The summed E-state index contributed by atoms with van der Waals surface area (Å²) in [5.74, 6) is -0.842. The van der Waals surface area contributed by atoms with Crippen molar-refractivity contribution >= 4 is 28.6 Å². The number of H-pyrrole nitrogens is 1. The molecule has 0 atom stereocenters. The van der Waals surface area contributed by atoms with Crippen LogP contribution in [0.5, 0.6) is 0 Å². The Kier molecular flexibility index (Phi) is 6.67. The molecule has 156 valence electrons. The van der Waals surface area contributed by atoms with Crippen LogP contribution in [0.25, 0.3) is 10.9 Å². The smallest absolute Gasteiger partial charge is 0.355 e. The van der Waals surface area contributed by atoms with Crippen molar-refractivity contribution in [3.63, 3.8) is 0 Å². The Labute approximate surface area is 175 Å². The zero-order valence-electron chi connectivity index (χ0n) is 17.5. The minimum Gasteiger partial charge on any atom is -0.453 e. The highest BCUT2D eigenvalue weighted by molar-refractivity contribution is 6.00. The van der Waals surface area contributed by atoms with Crippen molar-refractivity contribution in [1.82, 2.24) is 10.3 Å². The summed E-state index contributed by atoms with van der Waals surface area (Å²) in [7, 11) is 0. The van der Waals surface area contributed by atoms with Crippen molar-refractivity contribution in [2.24, 2.45) is 0 Å². The molecular weight excluding hydrogens is 380 g/mol. The van der Waals surface area contributed by atoms with Crippen LogP contribution >= 0.6 is 0 Å². The molecule has 0 spiro atoms. The molecule has 0 aliphatic carbocycles. The van der Waals surface area contributed by atoms with Gasteiger partial charge in [0.2, 0.25) is 5.91 Å². The molecule has 0 aliphatic rings. The summed E-state index contributed by atoms with van der Waals surface area (Å²) in [4.78, 5) is 38.7. The van der Waals surface area contributed by atoms with Crippen molar-refractivity contribution in [2.75, 3.05) is 13.2 Å². The Morgan fingerprint density at radius 3 is 2.47 bits per heavy atom. The van der Waals surface area contributed by atoms with Gasteiger partial charge in [0.05, 0.1) is 0 Å². The summed E-state index contributed by atoms with van der Waals surface area (Å²) < 4.78 is 5.22. The third-order valence-electron chi connectivity index (χ3n) is 4.94. The average Bonchev–Trinajstić information content (AvgIpc) is 3.14. The van der Waals surface area contributed by atoms with Crippen LogP contribution < -0.4 is 5.32 Å². The van der Waals surface area contributed by atoms with Gasteiger partial charge in [-0.25, -0.2) is 4.79 Å². The second kappa shape index (κ2) is 9.39. The SMILES string of the molecule is CC(=O)NCCCc1ccc(C(=O)COC(=O)c2cc3c(C)cc(C)cc3[nH]2)cc1. The summed E-state index contributed by atoms with van der Waals surface area (Å²) >= 11 is 0. The van der Waals surface area contributed by atoms with Crippen LogP contribution in [0, 0.1) is 13.8 Å². The maximum absolute atomic E-state index is 12.4. The lowest BCUT2D eigenvalue weighted by Gasteiger charge is -2.05. The molecule has 0 saturated heterocycles. The molecule has 3 aromatic rings. The molecular formula is C24H26N2O4. The fourth-order valence-electron chi connectivity index (χ4n) is 3.42. The van der Waals surface area contributed by atoms with Gasteiger partial charge < -0.3 is 15.0 Å². The number of aromatic amines is 1. The highest BCUT2D eigenvalue weighted by Crippen LogP contribution is 2.22. The normalized spacial score (nSPS) is 10.8. The minimum absolute atomic E-state index is 0.0387. The summed E-state index contributed by atoms with van der Waals surface area (Å²) in [6.45, 7) is 5.80. The lowest BCUT2D eigenvalue weighted by atomic mass is 10.1. The van der Waals surface area contributed by atoms with E-state index in [1.54, 1.807) is 18.2 Å². The van der Waals surface area contributed by atoms with E-state index in [0.29, 0.717) is 17.8 Å². The van der Waals surface area contributed by atoms with Gasteiger partial charge in [0.15, 0.2) is 12.4 Å². The van der Waals surface area contributed by atoms with Gasteiger partial charge in [-0.15, -0.1) is 0 Å². The van der Waals surface area contributed by atoms with Gasteiger partial charge in [-0.05, 0) is 55.5 Å². The van der Waals surface area contributed by atoms with Gasteiger partial charge in [0, 0.05) is 29.9 Å². The van der Waals surface area contributed by atoms with E-state index in [1.165, 1.54) is 6.92 Å². The summed E-state index contributed by atoms with van der Waals surface area (Å²) in [6.07, 6.45) is 1.64. The van der Waals surface area contributed by atoms with Crippen LogP contribution in [0.4, 0.5) is 0 Å². The Balaban J connectivity index is 1.54. The summed E-state index contributed by atoms with van der Waals surface area (Å²) in [5, 5.41) is 3.72. The predicted molar refractivity (Wildman–Crippen MR) is 116 cm³/mol. The number of benzene rings is 2. The molecule has 2 N–H and O–H groups in total. The maximum atomic E-state index is 12.4. The number of carbonyl (C=O) groups excluding carboxylic acids is 3. The van der Waals surface area contributed by atoms with Crippen LogP contribution in [0.3, 0.4) is 0 Å². The van der Waals surface area contributed by atoms with Crippen molar-refractivity contribution in [1.29, 1.82) is 0 Å². The van der Waals surface area contributed by atoms with Gasteiger partial charge in [-0.2, -0.15) is 0 Å². The van der Waals surface area contributed by atoms with Crippen molar-refractivity contribution in [2.45, 2.75) is 33.6 Å². The van der Waals surface area contributed by atoms with E-state index in [2.05, 4.69) is 16.4 Å². The fraction of sp³-hybridized carbons (Fsp3) is 0.292. The molecule has 3 rings (SSSR count). The van der Waals surface area contributed by atoms with Crippen LogP contribution in [-0.2, 0) is 16.0 Å². The van der Waals surface area contributed by atoms with E-state index >= 15 is 0 Å². The molecule has 0 radical (unpaired) electrons. The Morgan fingerprint density at radius 1 is 1.03 bits per heavy atom. The number of hydrogen-bond donors (Lipinski definition) is 2. The molecule has 0 saturated carbocycles. The van der Waals surface area contributed by atoms with Crippen molar-refractivity contribution in [3.05, 3.63) is 70.4 Å². The van der Waals surface area contributed by atoms with Gasteiger partial charge in [-0.3, -0.25) is 9.59 Å². The number of hydrogen-bond acceptors (Lipinski definition) is 4. The number of esters is 1. The molecule has 0 unspecified atom stereocenters. The van der Waals surface area contributed by atoms with Gasteiger partial charge in [-0.1, -0.05) is 30.3 Å². The molecule has 1 aromatic heterocycles. The molecule has 0 fully saturated rings. The topological polar surface area (TPSA) is 88.3 Å². The Hall–Kier alpha value is -3.41. The van der Waals surface area contributed by atoms with Crippen LogP contribution in [0.1, 0.15) is 50.9 Å². The van der Waals surface area contributed by atoms with E-state index in [9.17, 15) is 14.4 Å². The number of rotatable bonds is 8. The third-order valence-corrected chi connectivity index (χ3v) is 4.94. The van der Waals surface area contributed by atoms with E-state index in [4.69, 9.17) is 4.74 Å². The third kappa shape index (κ3) is 5.35. The van der Waals surface area contributed by atoms with Gasteiger partial charge in [0.25, 0.3) is 0 Å². The number of ether oxygens (including phenoxy) is 1. The second-order valence-electron chi connectivity index (χ2n) is 7.51. The number of aryl methyl sites for hydroxylation is 3. The average molecular weight is 406 g/mol. The highest BCUT2D eigenvalue weighted by Gasteiger charge is 2.15. The predicted octanol–water partition coefficient (Wildman–Crippen LogP) is 3.89. The second-order valence-corrected chi connectivity index (χ2v) is 7.51. The van der Waals surface area contributed by atoms with Crippen molar-refractivity contribution in [3.8, 4) is 0 Å². The van der Waals surface area contributed by atoms with Gasteiger partial charge >= 0.3 is 5.97 Å². The number of fused-ring (bicyclic) bond motifs is 1. The van der Waals surface area contributed by atoms with Crippen molar-refractivity contribution < 1.29 is 19.1 Å². The van der Waals surface area contributed by atoms with Crippen LogP contribution in [0.15, 0.2) is 42.5 Å². The number of amides is 1. The summed E-state index contributed by atoms with van der Waals surface area (Å²) in [5.41, 5.74) is 4.97. The molecule has 6 heteroatoms. The largest absolute Gasteiger partial charge is 0.453 e. The highest BCUT2D eigenvalue weighted by atomic mass is 16.5. The minimum atomic E-state index is -0.550.